The molecule has 0 saturated carbocycles. The van der Waals surface area contributed by atoms with Crippen LogP contribution in [0.15, 0.2) is 0 Å². The molecule has 94 valence electrons. The first-order valence-corrected chi connectivity index (χ1v) is 5.09. The van der Waals surface area contributed by atoms with Crippen LogP contribution in [-0.2, 0) is 19.2 Å². The summed E-state index contributed by atoms with van der Waals surface area (Å²) in [4.78, 5) is 29.7. The minimum absolute atomic E-state index is 0.181. The Kier molecular flexibility index (Phi) is 7.07. The molecule has 0 rings (SSSR count). The van der Waals surface area contributed by atoms with Gasteiger partial charge in [0.2, 0.25) is 0 Å². The molecule has 0 atom stereocenters. The fourth-order valence-corrected chi connectivity index (χ4v) is 0.586. The van der Waals surface area contributed by atoms with E-state index in [1.807, 2.05) is 27.7 Å². The van der Waals surface area contributed by atoms with Crippen molar-refractivity contribution >= 4 is 12.3 Å². The van der Waals surface area contributed by atoms with Gasteiger partial charge in [-0.05, 0) is 11.8 Å². The standard InChI is InChI=1S/C10H18O6/c1-7(2)5-13-9(11)15-16-10(12)14-6-8(3)4/h7-8H,5-6H2,1-4H3. The molecule has 0 aliphatic rings. The van der Waals surface area contributed by atoms with Crippen molar-refractivity contribution in [3.8, 4) is 0 Å². The Hall–Kier alpha value is -1.46. The first-order chi connectivity index (χ1) is 7.41. The SMILES string of the molecule is CC(C)COC(=O)OOC(=O)OCC(C)C. The largest absolute Gasteiger partial charge is 0.550 e. The van der Waals surface area contributed by atoms with Gasteiger partial charge in [0.1, 0.15) is 0 Å². The molecule has 0 spiro atoms. The number of hydrogen-bond acceptors (Lipinski definition) is 6. The zero-order valence-electron chi connectivity index (χ0n) is 10.0. The van der Waals surface area contributed by atoms with E-state index < -0.39 is 12.3 Å². The van der Waals surface area contributed by atoms with Crippen molar-refractivity contribution < 1.29 is 28.8 Å². The molecule has 0 radical (unpaired) electrons. The lowest BCUT2D eigenvalue weighted by Gasteiger charge is -2.07. The summed E-state index contributed by atoms with van der Waals surface area (Å²) >= 11 is 0. The van der Waals surface area contributed by atoms with Crippen LogP contribution in [0.2, 0.25) is 0 Å². The summed E-state index contributed by atoms with van der Waals surface area (Å²) in [5, 5.41) is 0. The Balaban J connectivity index is 3.55. The first kappa shape index (κ1) is 14.5. The van der Waals surface area contributed by atoms with Gasteiger partial charge >= 0.3 is 12.3 Å². The predicted molar refractivity (Wildman–Crippen MR) is 54.5 cm³/mol. The molecule has 0 unspecified atom stereocenters. The van der Waals surface area contributed by atoms with Gasteiger partial charge in [-0.3, -0.25) is 0 Å². The molecule has 0 N–H and O–H groups in total. The lowest BCUT2D eigenvalue weighted by Crippen LogP contribution is -2.17. The second-order valence-corrected chi connectivity index (χ2v) is 4.08. The summed E-state index contributed by atoms with van der Waals surface area (Å²) in [5.74, 6) is 0.362. The van der Waals surface area contributed by atoms with Crippen LogP contribution in [0.4, 0.5) is 9.59 Å². The van der Waals surface area contributed by atoms with E-state index in [0.29, 0.717) is 0 Å². The van der Waals surface area contributed by atoms with Gasteiger partial charge in [-0.1, -0.05) is 27.7 Å². The van der Waals surface area contributed by atoms with Crippen LogP contribution >= 0.6 is 0 Å². The van der Waals surface area contributed by atoms with Gasteiger partial charge in [-0.2, -0.15) is 19.4 Å². The third-order valence-corrected chi connectivity index (χ3v) is 1.25. The van der Waals surface area contributed by atoms with Gasteiger partial charge in [0.25, 0.3) is 0 Å². The van der Waals surface area contributed by atoms with Crippen LogP contribution in [0.3, 0.4) is 0 Å². The fraction of sp³-hybridized carbons (Fsp3) is 0.800. The summed E-state index contributed by atoms with van der Waals surface area (Å²) in [7, 11) is 0. The van der Waals surface area contributed by atoms with E-state index in [1.54, 1.807) is 0 Å². The maximum Gasteiger partial charge on any atom is 0.550 e. The molecule has 0 aliphatic heterocycles. The smallest absolute Gasteiger partial charge is 0.431 e. The molecule has 0 amide bonds. The van der Waals surface area contributed by atoms with E-state index >= 15 is 0 Å². The Morgan fingerprint density at radius 3 is 1.38 bits per heavy atom. The van der Waals surface area contributed by atoms with Crippen LogP contribution in [0.25, 0.3) is 0 Å². The third-order valence-electron chi connectivity index (χ3n) is 1.25. The van der Waals surface area contributed by atoms with Crippen molar-refractivity contribution in [1.29, 1.82) is 0 Å². The molecule has 0 aliphatic carbocycles. The molecule has 6 heteroatoms. The Labute approximate surface area is 94.7 Å². The quantitative estimate of drug-likeness (QED) is 0.423. The highest BCUT2D eigenvalue weighted by Crippen LogP contribution is 1.98. The van der Waals surface area contributed by atoms with Crippen molar-refractivity contribution in [2.24, 2.45) is 11.8 Å². The van der Waals surface area contributed by atoms with Gasteiger partial charge in [0, 0.05) is 0 Å². The number of ether oxygens (including phenoxy) is 2. The van der Waals surface area contributed by atoms with Crippen LogP contribution in [0, 0.1) is 11.8 Å². The van der Waals surface area contributed by atoms with Crippen LogP contribution in [-0.4, -0.2) is 25.5 Å². The zero-order valence-corrected chi connectivity index (χ0v) is 10.0. The molecule has 0 bridgehead atoms. The zero-order chi connectivity index (χ0) is 12.6. The van der Waals surface area contributed by atoms with Crippen molar-refractivity contribution in [3.63, 3.8) is 0 Å². The minimum atomic E-state index is -1.06. The average molecular weight is 234 g/mol. The number of rotatable bonds is 4. The molecule has 0 aromatic carbocycles. The molecule has 0 aromatic rings. The van der Waals surface area contributed by atoms with Gasteiger partial charge < -0.3 is 9.47 Å². The fourth-order valence-electron chi connectivity index (χ4n) is 0.586. The summed E-state index contributed by atoms with van der Waals surface area (Å²) in [6.45, 7) is 7.86. The van der Waals surface area contributed by atoms with Crippen molar-refractivity contribution in [2.45, 2.75) is 27.7 Å². The second kappa shape index (κ2) is 7.78. The number of hydrogen-bond donors (Lipinski definition) is 0. The van der Waals surface area contributed by atoms with E-state index in [1.165, 1.54) is 0 Å². The van der Waals surface area contributed by atoms with E-state index in [9.17, 15) is 9.59 Å². The molecule has 0 heterocycles. The number of carbonyl (C=O) groups is 2. The van der Waals surface area contributed by atoms with Gasteiger partial charge in [-0.15, -0.1) is 0 Å². The Morgan fingerprint density at radius 2 is 1.12 bits per heavy atom. The van der Waals surface area contributed by atoms with Crippen molar-refractivity contribution in [2.75, 3.05) is 13.2 Å². The Bertz CT molecular complexity index is 199. The molecule has 6 nitrogen and oxygen atoms in total. The van der Waals surface area contributed by atoms with Crippen molar-refractivity contribution in [1.82, 2.24) is 0 Å². The van der Waals surface area contributed by atoms with Crippen molar-refractivity contribution in [3.05, 3.63) is 0 Å². The third kappa shape index (κ3) is 9.11. The van der Waals surface area contributed by atoms with E-state index in [0.717, 1.165) is 0 Å². The second-order valence-electron chi connectivity index (χ2n) is 4.08. The Morgan fingerprint density at radius 1 is 0.812 bits per heavy atom. The van der Waals surface area contributed by atoms with E-state index in [2.05, 4.69) is 19.2 Å². The van der Waals surface area contributed by atoms with E-state index in [4.69, 9.17) is 0 Å². The number of carbonyl (C=O) groups excluding carboxylic acids is 2. The maximum atomic E-state index is 10.8. The lowest BCUT2D eigenvalue weighted by molar-refractivity contribution is -0.219. The van der Waals surface area contributed by atoms with Gasteiger partial charge in [0.05, 0.1) is 13.2 Å². The molecule has 0 saturated heterocycles. The molecule has 0 fully saturated rings. The molecular formula is C10H18O6. The molecule has 0 aromatic heterocycles. The first-order valence-electron chi connectivity index (χ1n) is 5.09. The average Bonchev–Trinajstić information content (AvgIpc) is 2.20. The summed E-state index contributed by atoms with van der Waals surface area (Å²) in [6, 6.07) is 0. The van der Waals surface area contributed by atoms with Crippen LogP contribution < -0.4 is 0 Å². The minimum Gasteiger partial charge on any atom is -0.431 e. The summed E-state index contributed by atoms with van der Waals surface area (Å²) in [6.07, 6.45) is -2.12. The highest BCUT2D eigenvalue weighted by molar-refractivity contribution is 5.63. The van der Waals surface area contributed by atoms with Gasteiger partial charge in [-0.25, -0.2) is 0 Å². The monoisotopic (exact) mass is 234 g/mol. The lowest BCUT2D eigenvalue weighted by atomic mass is 10.2. The normalized spacial score (nSPS) is 10.1. The maximum absolute atomic E-state index is 10.8. The van der Waals surface area contributed by atoms with Gasteiger partial charge in [0.15, 0.2) is 0 Å². The molecular weight excluding hydrogens is 216 g/mol. The highest BCUT2D eigenvalue weighted by Gasteiger charge is 2.12. The predicted octanol–water partition coefficient (Wildman–Crippen LogP) is 2.52. The van der Waals surface area contributed by atoms with Crippen LogP contribution in [0.1, 0.15) is 27.7 Å². The highest BCUT2D eigenvalue weighted by atomic mass is 17.3. The summed E-state index contributed by atoms with van der Waals surface area (Å²) in [5.41, 5.74) is 0. The van der Waals surface area contributed by atoms with Crippen LogP contribution in [0.5, 0.6) is 0 Å². The van der Waals surface area contributed by atoms with E-state index in [-0.39, 0.29) is 25.0 Å². The summed E-state index contributed by atoms with van der Waals surface area (Å²) < 4.78 is 9.17. The topological polar surface area (TPSA) is 71.1 Å². The molecule has 16 heavy (non-hydrogen) atoms.